The quantitative estimate of drug-likeness (QED) is 0.888. The third-order valence-corrected chi connectivity index (χ3v) is 4.58. The minimum Gasteiger partial charge on any atom is -0.502 e. The van der Waals surface area contributed by atoms with Gasteiger partial charge >= 0.3 is 0 Å². The third-order valence-electron chi connectivity index (χ3n) is 4.58. The molecule has 2 aromatic carbocycles. The Morgan fingerprint density at radius 3 is 2.04 bits per heavy atom. The average Bonchev–Trinajstić information content (AvgIpc) is 2.68. The van der Waals surface area contributed by atoms with E-state index in [0.717, 1.165) is 5.56 Å². The highest BCUT2D eigenvalue weighted by Crippen LogP contribution is 2.48. The highest BCUT2D eigenvalue weighted by molar-refractivity contribution is 6.07. The summed E-state index contributed by atoms with van der Waals surface area (Å²) in [6.45, 7) is 0. The van der Waals surface area contributed by atoms with Gasteiger partial charge in [0, 0.05) is 18.2 Å². The molecule has 3 rings (SSSR count). The number of ether oxygens (including phenoxy) is 4. The number of carbonyl (C=O) groups excluding carboxylic acids is 1. The molecule has 6 nitrogen and oxygen atoms in total. The van der Waals surface area contributed by atoms with Crippen molar-refractivity contribution in [3.8, 4) is 23.0 Å². The van der Waals surface area contributed by atoms with Crippen LogP contribution < -0.4 is 14.2 Å². The smallest absolute Gasteiger partial charge is 0.200 e. The summed E-state index contributed by atoms with van der Waals surface area (Å²) < 4.78 is 21.8. The standard InChI is InChI=1S/C20H20O6/c1-23-14-7-5-6-12-8-9-17(21)20(26-4,18(12)14)13-10-15(24-2)19(22)16(11-13)25-3/h5-11,22H,1-4H3. The van der Waals surface area contributed by atoms with Crippen molar-refractivity contribution >= 4 is 11.9 Å². The molecule has 0 fully saturated rings. The van der Waals surface area contributed by atoms with Crippen molar-refractivity contribution < 1.29 is 28.8 Å². The Balaban J connectivity index is 2.39. The van der Waals surface area contributed by atoms with Gasteiger partial charge in [0.25, 0.3) is 0 Å². The van der Waals surface area contributed by atoms with Gasteiger partial charge in [0.15, 0.2) is 22.9 Å². The van der Waals surface area contributed by atoms with Gasteiger partial charge in [-0.15, -0.1) is 0 Å². The normalized spacial score (nSPS) is 18.4. The average molecular weight is 356 g/mol. The van der Waals surface area contributed by atoms with E-state index in [9.17, 15) is 9.90 Å². The third kappa shape index (κ3) is 2.42. The fourth-order valence-electron chi connectivity index (χ4n) is 3.34. The second-order valence-corrected chi connectivity index (χ2v) is 5.74. The number of aromatic hydroxyl groups is 1. The van der Waals surface area contributed by atoms with E-state index in [4.69, 9.17) is 18.9 Å². The highest BCUT2D eigenvalue weighted by Gasteiger charge is 2.47. The van der Waals surface area contributed by atoms with Crippen LogP contribution in [0.2, 0.25) is 0 Å². The summed E-state index contributed by atoms with van der Waals surface area (Å²) in [5, 5.41) is 10.2. The van der Waals surface area contributed by atoms with Crippen LogP contribution >= 0.6 is 0 Å². The first-order chi connectivity index (χ1) is 12.5. The van der Waals surface area contributed by atoms with Crippen LogP contribution in [-0.2, 0) is 15.1 Å². The summed E-state index contributed by atoms with van der Waals surface area (Å²) in [7, 11) is 5.85. The lowest BCUT2D eigenvalue weighted by Gasteiger charge is -2.35. The van der Waals surface area contributed by atoms with Crippen LogP contribution in [0.5, 0.6) is 23.0 Å². The Labute approximate surface area is 151 Å². The Kier molecular flexibility index (Phi) is 4.61. The lowest BCUT2D eigenvalue weighted by molar-refractivity contribution is -0.132. The molecule has 1 aliphatic carbocycles. The molecule has 0 bridgehead atoms. The molecule has 2 aromatic rings. The zero-order valence-corrected chi connectivity index (χ0v) is 15.0. The molecule has 0 heterocycles. The molecule has 0 saturated heterocycles. The molecular formula is C20H20O6. The number of carbonyl (C=O) groups is 1. The van der Waals surface area contributed by atoms with Crippen LogP contribution in [0.3, 0.4) is 0 Å². The number of hydrogen-bond acceptors (Lipinski definition) is 6. The molecule has 1 atom stereocenters. The zero-order chi connectivity index (χ0) is 18.9. The predicted octanol–water partition coefficient (Wildman–Crippen LogP) is 2.90. The molecule has 0 aliphatic heterocycles. The zero-order valence-electron chi connectivity index (χ0n) is 15.0. The number of methoxy groups -OCH3 is 4. The lowest BCUT2D eigenvalue weighted by Crippen LogP contribution is -2.40. The molecule has 1 unspecified atom stereocenters. The van der Waals surface area contributed by atoms with E-state index in [1.165, 1.54) is 34.5 Å². The SMILES string of the molecule is COc1cc(C2(OC)C(=O)C=Cc3cccc(OC)c32)cc(OC)c1O. The van der Waals surface area contributed by atoms with Gasteiger partial charge in [0.05, 0.1) is 21.3 Å². The Morgan fingerprint density at radius 2 is 1.50 bits per heavy atom. The summed E-state index contributed by atoms with van der Waals surface area (Å²) in [4.78, 5) is 13.1. The maximum Gasteiger partial charge on any atom is 0.200 e. The van der Waals surface area contributed by atoms with E-state index < -0.39 is 5.60 Å². The number of rotatable bonds is 5. The number of phenolic OH excluding ortho intramolecular Hbond substituents is 1. The van der Waals surface area contributed by atoms with Gasteiger partial charge in [-0.05, 0) is 29.8 Å². The Hall–Kier alpha value is -2.99. The van der Waals surface area contributed by atoms with E-state index in [1.54, 1.807) is 24.3 Å². The molecule has 0 aromatic heterocycles. The molecule has 1 N–H and O–H groups in total. The first-order valence-electron chi connectivity index (χ1n) is 7.94. The minimum absolute atomic E-state index is 0.149. The van der Waals surface area contributed by atoms with E-state index in [1.807, 2.05) is 12.1 Å². The van der Waals surface area contributed by atoms with E-state index in [0.29, 0.717) is 16.9 Å². The van der Waals surface area contributed by atoms with Crippen LogP contribution in [0.1, 0.15) is 16.7 Å². The van der Waals surface area contributed by atoms with Crippen molar-refractivity contribution in [2.45, 2.75) is 5.60 Å². The molecule has 26 heavy (non-hydrogen) atoms. The number of hydrogen-bond donors (Lipinski definition) is 1. The van der Waals surface area contributed by atoms with Gasteiger partial charge in [-0.2, -0.15) is 0 Å². The van der Waals surface area contributed by atoms with Crippen molar-refractivity contribution in [1.29, 1.82) is 0 Å². The maximum absolute atomic E-state index is 13.1. The monoisotopic (exact) mass is 356 g/mol. The van der Waals surface area contributed by atoms with Crippen molar-refractivity contribution in [2.75, 3.05) is 28.4 Å². The van der Waals surface area contributed by atoms with Crippen LogP contribution in [-0.4, -0.2) is 39.3 Å². The summed E-state index contributed by atoms with van der Waals surface area (Å²) in [6, 6.07) is 8.62. The largest absolute Gasteiger partial charge is 0.502 e. The fourth-order valence-corrected chi connectivity index (χ4v) is 3.34. The maximum atomic E-state index is 13.1. The lowest BCUT2D eigenvalue weighted by atomic mass is 9.76. The fraction of sp³-hybridized carbons (Fsp3) is 0.250. The van der Waals surface area contributed by atoms with E-state index in [2.05, 4.69) is 0 Å². The minimum atomic E-state index is -1.45. The molecule has 0 amide bonds. The summed E-state index contributed by atoms with van der Waals surface area (Å²) >= 11 is 0. The van der Waals surface area contributed by atoms with Gasteiger partial charge in [-0.25, -0.2) is 0 Å². The topological polar surface area (TPSA) is 74.2 Å². The Bertz CT molecular complexity index is 861. The number of phenols is 1. The van der Waals surface area contributed by atoms with Crippen LogP contribution in [0, 0.1) is 0 Å². The van der Waals surface area contributed by atoms with Gasteiger partial charge < -0.3 is 24.1 Å². The molecule has 0 spiro atoms. The van der Waals surface area contributed by atoms with Crippen molar-refractivity contribution in [2.24, 2.45) is 0 Å². The van der Waals surface area contributed by atoms with Crippen molar-refractivity contribution in [3.05, 3.63) is 53.1 Å². The second-order valence-electron chi connectivity index (χ2n) is 5.74. The number of ketones is 1. The van der Waals surface area contributed by atoms with E-state index in [-0.39, 0.29) is 23.0 Å². The summed E-state index contributed by atoms with van der Waals surface area (Å²) in [6.07, 6.45) is 3.20. The van der Waals surface area contributed by atoms with Gasteiger partial charge in [0.2, 0.25) is 5.75 Å². The van der Waals surface area contributed by atoms with Crippen molar-refractivity contribution in [1.82, 2.24) is 0 Å². The van der Waals surface area contributed by atoms with Gasteiger partial charge in [0.1, 0.15) is 5.75 Å². The first-order valence-corrected chi connectivity index (χ1v) is 7.94. The molecule has 0 radical (unpaired) electrons. The molecule has 6 heteroatoms. The number of fused-ring (bicyclic) bond motifs is 1. The summed E-state index contributed by atoms with van der Waals surface area (Å²) in [5.74, 6) is 0.452. The van der Waals surface area contributed by atoms with Crippen LogP contribution in [0.25, 0.3) is 6.08 Å². The molecule has 1 aliphatic rings. The van der Waals surface area contributed by atoms with Gasteiger partial charge in [-0.3, -0.25) is 4.79 Å². The van der Waals surface area contributed by atoms with Crippen molar-refractivity contribution in [3.63, 3.8) is 0 Å². The van der Waals surface area contributed by atoms with Gasteiger partial charge in [-0.1, -0.05) is 18.2 Å². The molecule has 0 saturated carbocycles. The highest BCUT2D eigenvalue weighted by atomic mass is 16.5. The van der Waals surface area contributed by atoms with Crippen LogP contribution in [0.4, 0.5) is 0 Å². The predicted molar refractivity (Wildman–Crippen MR) is 96.0 cm³/mol. The Morgan fingerprint density at radius 1 is 0.885 bits per heavy atom. The molecule has 136 valence electrons. The molecular weight excluding hydrogens is 336 g/mol. The first kappa shape index (κ1) is 17.8. The summed E-state index contributed by atoms with van der Waals surface area (Å²) in [5.41, 5.74) is 0.404. The van der Waals surface area contributed by atoms with Crippen LogP contribution in [0.15, 0.2) is 36.4 Å². The van der Waals surface area contributed by atoms with E-state index >= 15 is 0 Å². The number of benzene rings is 2. The second kappa shape index (κ2) is 6.72.